The van der Waals surface area contributed by atoms with E-state index in [1.54, 1.807) is 11.8 Å². The number of nitrogens with two attached hydrogens (primary N) is 1. The van der Waals surface area contributed by atoms with Crippen molar-refractivity contribution in [2.24, 2.45) is 11.7 Å². The number of hydrogen-bond donors (Lipinski definition) is 2. The third-order valence-corrected chi connectivity index (χ3v) is 5.99. The maximum atomic E-state index is 13.1. The Hall–Kier alpha value is -1.24. The first-order valence-corrected chi connectivity index (χ1v) is 9.71. The van der Waals surface area contributed by atoms with Gasteiger partial charge in [0.1, 0.15) is 5.25 Å². The minimum atomic E-state index is -0.124. The highest BCUT2D eigenvalue weighted by atomic mass is 35.5. The van der Waals surface area contributed by atoms with Crippen molar-refractivity contribution in [3.8, 4) is 0 Å². The van der Waals surface area contributed by atoms with Crippen molar-refractivity contribution in [3.05, 3.63) is 35.4 Å². The van der Waals surface area contributed by atoms with Crippen molar-refractivity contribution < 1.29 is 9.59 Å². The molecule has 5 nitrogen and oxygen atoms in total. The van der Waals surface area contributed by atoms with Gasteiger partial charge in [-0.05, 0) is 36.1 Å². The summed E-state index contributed by atoms with van der Waals surface area (Å²) in [5, 5.41) is 2.73. The molecule has 25 heavy (non-hydrogen) atoms. The van der Waals surface area contributed by atoms with Crippen LogP contribution in [0.4, 0.5) is 0 Å². The Morgan fingerprint density at radius 1 is 1.32 bits per heavy atom. The quantitative estimate of drug-likeness (QED) is 0.830. The average Bonchev–Trinajstić information content (AvgIpc) is 2.65. The summed E-state index contributed by atoms with van der Waals surface area (Å²) in [5.41, 5.74) is 7.87. The molecule has 1 aromatic carbocycles. The molecule has 2 heterocycles. The predicted molar refractivity (Wildman–Crippen MR) is 104 cm³/mol. The zero-order valence-corrected chi connectivity index (χ0v) is 15.9. The van der Waals surface area contributed by atoms with E-state index in [0.717, 1.165) is 37.1 Å². The summed E-state index contributed by atoms with van der Waals surface area (Å²) >= 11 is 1.72. The summed E-state index contributed by atoms with van der Waals surface area (Å²) in [5.74, 6) is 1.04. The number of halogens is 1. The van der Waals surface area contributed by atoms with Crippen LogP contribution in [0.5, 0.6) is 0 Å². The lowest BCUT2D eigenvalue weighted by Crippen LogP contribution is -2.47. The van der Waals surface area contributed by atoms with Crippen LogP contribution in [0.15, 0.2) is 24.3 Å². The van der Waals surface area contributed by atoms with Gasteiger partial charge in [0.2, 0.25) is 11.8 Å². The fraction of sp³-hybridized carbons (Fsp3) is 0.556. The van der Waals surface area contributed by atoms with E-state index in [1.165, 1.54) is 5.56 Å². The van der Waals surface area contributed by atoms with Crippen LogP contribution in [0.25, 0.3) is 0 Å². The third-order valence-electron chi connectivity index (χ3n) is 4.77. The first-order valence-electron chi connectivity index (χ1n) is 8.66. The summed E-state index contributed by atoms with van der Waals surface area (Å²) in [6.45, 7) is 2.21. The molecule has 7 heteroatoms. The van der Waals surface area contributed by atoms with Gasteiger partial charge in [-0.2, -0.15) is 0 Å². The van der Waals surface area contributed by atoms with E-state index in [2.05, 4.69) is 17.4 Å². The molecule has 2 amide bonds. The molecule has 2 aliphatic heterocycles. The Balaban J connectivity index is 0.00000225. The van der Waals surface area contributed by atoms with Gasteiger partial charge in [0.05, 0.1) is 5.92 Å². The summed E-state index contributed by atoms with van der Waals surface area (Å²) in [4.78, 5) is 27.1. The highest BCUT2D eigenvalue weighted by molar-refractivity contribution is 8.00. The third kappa shape index (κ3) is 4.68. The van der Waals surface area contributed by atoms with Gasteiger partial charge in [-0.25, -0.2) is 0 Å². The monoisotopic (exact) mass is 383 g/mol. The lowest BCUT2D eigenvalue weighted by atomic mass is 9.95. The number of carbonyl (C=O) groups excluding carboxylic acids is 2. The fourth-order valence-electron chi connectivity index (χ4n) is 3.50. The SMILES string of the molecule is Cl.NCCNC(=O)C1CCCN(C(=O)C2SCCc3ccccc32)C1. The van der Waals surface area contributed by atoms with E-state index in [-0.39, 0.29) is 35.4 Å². The minimum absolute atomic E-state index is 0. The van der Waals surface area contributed by atoms with Crippen LogP contribution in [-0.4, -0.2) is 48.6 Å². The van der Waals surface area contributed by atoms with Gasteiger partial charge in [-0.15, -0.1) is 24.2 Å². The zero-order chi connectivity index (χ0) is 16.9. The number of likely N-dealkylation sites (tertiary alicyclic amines) is 1. The number of rotatable bonds is 4. The first kappa shape index (κ1) is 20.1. The Labute approximate surface area is 159 Å². The summed E-state index contributed by atoms with van der Waals surface area (Å²) in [6, 6.07) is 8.23. The molecule has 2 unspecified atom stereocenters. The van der Waals surface area contributed by atoms with Crippen molar-refractivity contribution in [2.45, 2.75) is 24.5 Å². The fourth-order valence-corrected chi connectivity index (χ4v) is 4.77. The number of piperidine rings is 1. The first-order chi connectivity index (χ1) is 11.7. The van der Waals surface area contributed by atoms with Crippen LogP contribution in [0.2, 0.25) is 0 Å². The standard InChI is InChI=1S/C18H25N3O2S.ClH/c19-8-9-20-17(22)14-5-3-10-21(12-14)18(23)16-15-6-2-1-4-13(15)7-11-24-16;/h1-2,4,6,14,16H,3,5,7-12,19H2,(H,20,22);1H. The Kier molecular flexibility index (Phi) is 7.59. The van der Waals surface area contributed by atoms with Crippen LogP contribution in [0, 0.1) is 5.92 Å². The van der Waals surface area contributed by atoms with Gasteiger partial charge in [0, 0.05) is 26.2 Å². The number of nitrogens with one attached hydrogen (secondary N) is 1. The predicted octanol–water partition coefficient (Wildman–Crippen LogP) is 1.75. The Bertz CT molecular complexity index is 614. The van der Waals surface area contributed by atoms with Gasteiger partial charge in [-0.1, -0.05) is 24.3 Å². The molecule has 0 radical (unpaired) electrons. The number of amides is 2. The molecule has 138 valence electrons. The normalized spacial score (nSPS) is 22.5. The second-order valence-electron chi connectivity index (χ2n) is 6.40. The van der Waals surface area contributed by atoms with Crippen molar-refractivity contribution in [1.82, 2.24) is 10.2 Å². The summed E-state index contributed by atoms with van der Waals surface area (Å²) in [6.07, 6.45) is 2.74. The van der Waals surface area contributed by atoms with E-state index in [1.807, 2.05) is 17.0 Å². The maximum Gasteiger partial charge on any atom is 0.240 e. The molecule has 3 N–H and O–H groups in total. The van der Waals surface area contributed by atoms with Gasteiger partial charge < -0.3 is 16.0 Å². The largest absolute Gasteiger partial charge is 0.355 e. The van der Waals surface area contributed by atoms with E-state index >= 15 is 0 Å². The lowest BCUT2D eigenvalue weighted by molar-refractivity contribution is -0.135. The minimum Gasteiger partial charge on any atom is -0.355 e. The molecular formula is C18H26ClN3O2S. The molecule has 1 saturated heterocycles. The van der Waals surface area contributed by atoms with E-state index in [0.29, 0.717) is 19.6 Å². The van der Waals surface area contributed by atoms with Crippen molar-refractivity contribution in [3.63, 3.8) is 0 Å². The van der Waals surface area contributed by atoms with Crippen LogP contribution in [0.1, 0.15) is 29.2 Å². The molecule has 3 rings (SSSR count). The molecule has 2 aliphatic rings. The summed E-state index contributed by atoms with van der Waals surface area (Å²) < 4.78 is 0. The van der Waals surface area contributed by atoms with E-state index in [9.17, 15) is 9.59 Å². The second kappa shape index (κ2) is 9.46. The number of aryl methyl sites for hydroxylation is 1. The van der Waals surface area contributed by atoms with Crippen LogP contribution < -0.4 is 11.1 Å². The maximum absolute atomic E-state index is 13.1. The van der Waals surface area contributed by atoms with Gasteiger partial charge in [0.15, 0.2) is 0 Å². The smallest absolute Gasteiger partial charge is 0.240 e. The number of fused-ring (bicyclic) bond motifs is 1. The second-order valence-corrected chi connectivity index (χ2v) is 7.62. The molecule has 0 aliphatic carbocycles. The number of benzene rings is 1. The van der Waals surface area contributed by atoms with Crippen molar-refractivity contribution in [2.75, 3.05) is 31.9 Å². The van der Waals surface area contributed by atoms with Crippen molar-refractivity contribution in [1.29, 1.82) is 0 Å². The van der Waals surface area contributed by atoms with Crippen LogP contribution >= 0.6 is 24.2 Å². The van der Waals surface area contributed by atoms with E-state index < -0.39 is 0 Å². The van der Waals surface area contributed by atoms with E-state index in [4.69, 9.17) is 5.73 Å². The topological polar surface area (TPSA) is 75.4 Å². The van der Waals surface area contributed by atoms with Gasteiger partial charge in [-0.3, -0.25) is 9.59 Å². The number of thioether (sulfide) groups is 1. The van der Waals surface area contributed by atoms with Crippen LogP contribution in [0.3, 0.4) is 0 Å². The van der Waals surface area contributed by atoms with Crippen LogP contribution in [-0.2, 0) is 16.0 Å². The average molecular weight is 384 g/mol. The van der Waals surface area contributed by atoms with Crippen molar-refractivity contribution >= 4 is 36.0 Å². The number of hydrogen-bond acceptors (Lipinski definition) is 4. The van der Waals surface area contributed by atoms with Gasteiger partial charge >= 0.3 is 0 Å². The number of carbonyl (C=O) groups is 2. The highest BCUT2D eigenvalue weighted by Gasteiger charge is 2.34. The molecular weight excluding hydrogens is 358 g/mol. The Morgan fingerprint density at radius 3 is 2.92 bits per heavy atom. The zero-order valence-electron chi connectivity index (χ0n) is 14.3. The Morgan fingerprint density at radius 2 is 2.12 bits per heavy atom. The molecule has 1 aromatic rings. The summed E-state index contributed by atoms with van der Waals surface area (Å²) in [7, 11) is 0. The highest BCUT2D eigenvalue weighted by Crippen LogP contribution is 2.38. The lowest BCUT2D eigenvalue weighted by Gasteiger charge is -2.35. The molecule has 0 bridgehead atoms. The molecule has 2 atom stereocenters. The molecule has 0 aromatic heterocycles. The molecule has 0 spiro atoms. The molecule has 0 saturated carbocycles. The number of nitrogens with zero attached hydrogens (tertiary/aromatic N) is 1. The molecule has 1 fully saturated rings. The van der Waals surface area contributed by atoms with Gasteiger partial charge in [0.25, 0.3) is 0 Å².